The molecule has 1 amide bonds. The van der Waals surface area contributed by atoms with E-state index in [4.69, 9.17) is 11.6 Å². The molecular weight excluding hydrogens is 291 g/mol. The number of carbonyl (C=O) groups is 1. The largest absolute Gasteiger partial charge is 0.384 e. The summed E-state index contributed by atoms with van der Waals surface area (Å²) in [6.45, 7) is 2.41. The quantitative estimate of drug-likeness (QED) is 0.868. The van der Waals surface area contributed by atoms with E-state index in [0.717, 1.165) is 11.3 Å². The van der Waals surface area contributed by atoms with Crippen molar-refractivity contribution in [3.63, 3.8) is 0 Å². The van der Waals surface area contributed by atoms with E-state index in [-0.39, 0.29) is 10.9 Å². The molecule has 0 radical (unpaired) electrons. The first-order valence-electron chi connectivity index (χ1n) is 6.60. The number of carbonyl (C=O) groups excluding carboxylic acids is 1. The summed E-state index contributed by atoms with van der Waals surface area (Å²) in [4.78, 5) is 11.8. The minimum absolute atomic E-state index is 0.0595. The number of hydrogen-bond donors (Lipinski definition) is 2. The molecule has 21 heavy (non-hydrogen) atoms. The molecule has 0 fully saturated rings. The van der Waals surface area contributed by atoms with Gasteiger partial charge in [0.1, 0.15) is 5.82 Å². The second-order valence-corrected chi connectivity index (χ2v) is 5.13. The highest BCUT2D eigenvalue weighted by Crippen LogP contribution is 2.19. The van der Waals surface area contributed by atoms with Gasteiger partial charge in [0.25, 0.3) is 0 Å². The maximum absolute atomic E-state index is 13.0. The minimum Gasteiger partial charge on any atom is -0.384 e. The smallest absolute Gasteiger partial charge is 0.226 e. The highest BCUT2D eigenvalue weighted by atomic mass is 35.5. The van der Waals surface area contributed by atoms with Gasteiger partial charge in [-0.25, -0.2) is 4.39 Å². The number of rotatable bonds is 5. The number of aryl methyl sites for hydroxylation is 1. The molecule has 0 saturated carbocycles. The first kappa shape index (κ1) is 15.3. The molecule has 2 aromatic rings. The number of nitrogens with one attached hydrogen (secondary N) is 2. The van der Waals surface area contributed by atoms with Gasteiger partial charge in [0.15, 0.2) is 0 Å². The van der Waals surface area contributed by atoms with Gasteiger partial charge in [0.2, 0.25) is 5.91 Å². The van der Waals surface area contributed by atoms with Gasteiger partial charge in [-0.15, -0.1) is 0 Å². The molecule has 0 spiro atoms. The molecule has 2 aromatic carbocycles. The zero-order chi connectivity index (χ0) is 15.2. The van der Waals surface area contributed by atoms with Crippen LogP contribution in [-0.2, 0) is 4.79 Å². The van der Waals surface area contributed by atoms with Gasteiger partial charge < -0.3 is 10.6 Å². The third kappa shape index (κ3) is 4.76. The zero-order valence-corrected chi connectivity index (χ0v) is 12.4. The fraction of sp³-hybridized carbons (Fsp3) is 0.188. The summed E-state index contributed by atoms with van der Waals surface area (Å²) in [5.41, 5.74) is 2.56. The van der Waals surface area contributed by atoms with Crippen LogP contribution in [0, 0.1) is 12.7 Å². The maximum atomic E-state index is 13.0. The average molecular weight is 307 g/mol. The summed E-state index contributed by atoms with van der Waals surface area (Å²) >= 11 is 5.68. The maximum Gasteiger partial charge on any atom is 0.226 e. The number of amides is 1. The lowest BCUT2D eigenvalue weighted by Crippen LogP contribution is -2.16. The molecule has 2 rings (SSSR count). The van der Waals surface area contributed by atoms with Crippen molar-refractivity contribution in [1.82, 2.24) is 0 Å². The van der Waals surface area contributed by atoms with Crippen LogP contribution in [-0.4, -0.2) is 12.5 Å². The molecular formula is C16H16ClFN2O. The Kier molecular flexibility index (Phi) is 5.17. The molecule has 0 atom stereocenters. The molecule has 110 valence electrons. The van der Waals surface area contributed by atoms with E-state index in [1.807, 2.05) is 31.2 Å². The second kappa shape index (κ2) is 7.09. The fourth-order valence-corrected chi connectivity index (χ4v) is 2.05. The molecule has 0 aliphatic rings. The Hall–Kier alpha value is -2.07. The van der Waals surface area contributed by atoms with E-state index in [1.165, 1.54) is 12.1 Å². The van der Waals surface area contributed by atoms with Crippen molar-refractivity contribution < 1.29 is 9.18 Å². The van der Waals surface area contributed by atoms with E-state index < -0.39 is 5.82 Å². The zero-order valence-electron chi connectivity index (χ0n) is 11.6. The van der Waals surface area contributed by atoms with Crippen LogP contribution in [0.3, 0.4) is 0 Å². The fourth-order valence-electron chi connectivity index (χ4n) is 1.87. The number of halogens is 2. The number of benzene rings is 2. The molecule has 0 bridgehead atoms. The summed E-state index contributed by atoms with van der Waals surface area (Å²) < 4.78 is 13.0. The van der Waals surface area contributed by atoms with Crippen LogP contribution in [0.15, 0.2) is 42.5 Å². The molecule has 0 heterocycles. The van der Waals surface area contributed by atoms with Crippen molar-refractivity contribution in [3.05, 3.63) is 58.9 Å². The van der Waals surface area contributed by atoms with Crippen molar-refractivity contribution in [2.75, 3.05) is 17.2 Å². The summed E-state index contributed by atoms with van der Waals surface area (Å²) in [7, 11) is 0. The first-order valence-corrected chi connectivity index (χ1v) is 6.98. The van der Waals surface area contributed by atoms with Crippen LogP contribution in [0.2, 0.25) is 5.02 Å². The lowest BCUT2D eigenvalue weighted by Gasteiger charge is -2.08. The molecule has 0 unspecified atom stereocenters. The van der Waals surface area contributed by atoms with Crippen molar-refractivity contribution in [1.29, 1.82) is 0 Å². The van der Waals surface area contributed by atoms with Crippen LogP contribution in [0.25, 0.3) is 0 Å². The Morgan fingerprint density at radius 3 is 2.71 bits per heavy atom. The van der Waals surface area contributed by atoms with Crippen molar-refractivity contribution >= 4 is 28.9 Å². The third-order valence-corrected chi connectivity index (χ3v) is 3.19. The third-order valence-electron chi connectivity index (χ3n) is 2.90. The van der Waals surface area contributed by atoms with Crippen molar-refractivity contribution in [2.24, 2.45) is 0 Å². The highest BCUT2D eigenvalue weighted by Gasteiger charge is 2.04. The number of anilines is 2. The van der Waals surface area contributed by atoms with Gasteiger partial charge in [-0.2, -0.15) is 0 Å². The van der Waals surface area contributed by atoms with Crippen LogP contribution in [0.1, 0.15) is 12.0 Å². The molecule has 0 aliphatic carbocycles. The SMILES string of the molecule is Cc1cccc(NC(=O)CCNc2ccc(F)c(Cl)c2)c1. The summed E-state index contributed by atoms with van der Waals surface area (Å²) in [6, 6.07) is 12.0. The van der Waals surface area contributed by atoms with Crippen molar-refractivity contribution in [3.8, 4) is 0 Å². The van der Waals surface area contributed by atoms with Gasteiger partial charge in [0, 0.05) is 24.3 Å². The number of hydrogen-bond acceptors (Lipinski definition) is 2. The van der Waals surface area contributed by atoms with Crippen molar-refractivity contribution in [2.45, 2.75) is 13.3 Å². The standard InChI is InChI=1S/C16H16ClFN2O/c1-11-3-2-4-13(9-11)20-16(21)7-8-19-12-5-6-15(18)14(17)10-12/h2-6,9-10,19H,7-8H2,1H3,(H,20,21). The Morgan fingerprint density at radius 2 is 2.00 bits per heavy atom. The average Bonchev–Trinajstić information content (AvgIpc) is 2.43. The predicted molar refractivity (Wildman–Crippen MR) is 84.3 cm³/mol. The molecule has 0 saturated heterocycles. The summed E-state index contributed by atoms with van der Waals surface area (Å²) in [5.74, 6) is -0.541. The van der Waals surface area contributed by atoms with Crippen LogP contribution in [0.4, 0.5) is 15.8 Å². The summed E-state index contributed by atoms with van der Waals surface area (Å²) in [5, 5.41) is 5.91. The first-order chi connectivity index (χ1) is 10.0. The lowest BCUT2D eigenvalue weighted by molar-refractivity contribution is -0.115. The Labute approximate surface area is 128 Å². The van der Waals surface area contributed by atoms with E-state index in [0.29, 0.717) is 18.7 Å². The van der Waals surface area contributed by atoms with Gasteiger partial charge in [-0.3, -0.25) is 4.79 Å². The Bertz CT molecular complexity index is 646. The van der Waals surface area contributed by atoms with Crippen LogP contribution < -0.4 is 10.6 Å². The van der Waals surface area contributed by atoms with Gasteiger partial charge in [-0.1, -0.05) is 23.7 Å². The molecule has 3 nitrogen and oxygen atoms in total. The topological polar surface area (TPSA) is 41.1 Å². The minimum atomic E-state index is -0.459. The van der Waals surface area contributed by atoms with Gasteiger partial charge in [0.05, 0.1) is 5.02 Å². The Balaban J connectivity index is 1.80. The van der Waals surface area contributed by atoms with E-state index in [1.54, 1.807) is 6.07 Å². The molecule has 0 aliphatic heterocycles. The van der Waals surface area contributed by atoms with Crippen LogP contribution in [0.5, 0.6) is 0 Å². The van der Waals surface area contributed by atoms with E-state index in [9.17, 15) is 9.18 Å². The molecule has 5 heteroatoms. The summed E-state index contributed by atoms with van der Waals surface area (Å²) in [6.07, 6.45) is 0.308. The normalized spacial score (nSPS) is 10.2. The predicted octanol–water partition coefficient (Wildman–Crippen LogP) is 4.23. The highest BCUT2D eigenvalue weighted by molar-refractivity contribution is 6.31. The lowest BCUT2D eigenvalue weighted by atomic mass is 10.2. The second-order valence-electron chi connectivity index (χ2n) is 4.72. The van der Waals surface area contributed by atoms with Gasteiger partial charge >= 0.3 is 0 Å². The molecule has 0 aromatic heterocycles. The van der Waals surface area contributed by atoms with E-state index >= 15 is 0 Å². The van der Waals surface area contributed by atoms with E-state index in [2.05, 4.69) is 10.6 Å². The molecule has 2 N–H and O–H groups in total. The van der Waals surface area contributed by atoms with Gasteiger partial charge in [-0.05, 0) is 42.8 Å². The Morgan fingerprint density at radius 1 is 1.19 bits per heavy atom. The monoisotopic (exact) mass is 306 g/mol. The van der Waals surface area contributed by atoms with Crippen LogP contribution >= 0.6 is 11.6 Å².